The predicted octanol–water partition coefficient (Wildman–Crippen LogP) is 5.79. The maximum atomic E-state index is 13.2. The first-order valence-electron chi connectivity index (χ1n) is 10.9. The molecular weight excluding hydrogens is 414 g/mol. The summed E-state index contributed by atoms with van der Waals surface area (Å²) in [6.07, 6.45) is 7.01. The number of nitrogens with zero attached hydrogens (tertiary/aromatic N) is 1. The van der Waals surface area contributed by atoms with Gasteiger partial charge >= 0.3 is 6.03 Å². The van der Waals surface area contributed by atoms with Gasteiger partial charge in [0.2, 0.25) is 0 Å². The van der Waals surface area contributed by atoms with Crippen LogP contribution in [0.5, 0.6) is 5.75 Å². The Balaban J connectivity index is 1.42. The first-order valence-corrected chi connectivity index (χ1v) is 11.3. The second-order valence-electron chi connectivity index (χ2n) is 8.26. The summed E-state index contributed by atoms with van der Waals surface area (Å²) in [6.45, 7) is 0.791. The SMILES string of the molecule is COc1cccc(NC(=O)Nc2ccc(C(=O)N3CCC[C@H]4CCCC[C@H]43)c(Cl)c2)c1. The summed E-state index contributed by atoms with van der Waals surface area (Å²) in [6, 6.07) is 12.1. The Labute approximate surface area is 187 Å². The van der Waals surface area contributed by atoms with E-state index < -0.39 is 6.03 Å². The molecule has 31 heavy (non-hydrogen) atoms. The first-order chi connectivity index (χ1) is 15.0. The molecule has 0 radical (unpaired) electrons. The van der Waals surface area contributed by atoms with E-state index in [1.165, 1.54) is 25.7 Å². The lowest BCUT2D eigenvalue weighted by Gasteiger charge is -2.44. The van der Waals surface area contributed by atoms with Crippen LogP contribution in [0.2, 0.25) is 5.02 Å². The van der Waals surface area contributed by atoms with E-state index in [-0.39, 0.29) is 5.91 Å². The van der Waals surface area contributed by atoms with E-state index >= 15 is 0 Å². The molecule has 0 unspecified atom stereocenters. The van der Waals surface area contributed by atoms with Gasteiger partial charge in [0.25, 0.3) is 5.91 Å². The summed E-state index contributed by atoms with van der Waals surface area (Å²) in [5.74, 6) is 1.27. The van der Waals surface area contributed by atoms with Gasteiger partial charge in [0.05, 0.1) is 17.7 Å². The van der Waals surface area contributed by atoms with Crippen LogP contribution in [0.15, 0.2) is 42.5 Å². The van der Waals surface area contributed by atoms with E-state index in [4.69, 9.17) is 16.3 Å². The Morgan fingerprint density at radius 1 is 1.00 bits per heavy atom. The van der Waals surface area contributed by atoms with Crippen LogP contribution >= 0.6 is 11.6 Å². The van der Waals surface area contributed by atoms with Crippen molar-refractivity contribution in [2.45, 2.75) is 44.6 Å². The minimum atomic E-state index is -0.399. The Kier molecular flexibility index (Phi) is 6.66. The quantitative estimate of drug-likeness (QED) is 0.631. The number of carbonyl (C=O) groups excluding carboxylic acids is 2. The van der Waals surface area contributed by atoms with Gasteiger partial charge in [-0.25, -0.2) is 4.79 Å². The van der Waals surface area contributed by atoms with Crippen LogP contribution in [-0.2, 0) is 0 Å². The van der Waals surface area contributed by atoms with Gasteiger partial charge < -0.3 is 20.3 Å². The van der Waals surface area contributed by atoms with Crippen LogP contribution in [-0.4, -0.2) is 36.5 Å². The summed E-state index contributed by atoms with van der Waals surface area (Å²) >= 11 is 6.47. The van der Waals surface area contributed by atoms with Gasteiger partial charge in [0.15, 0.2) is 0 Å². The molecule has 6 nitrogen and oxygen atoms in total. The molecule has 1 aliphatic carbocycles. The van der Waals surface area contributed by atoms with E-state index in [0.717, 1.165) is 19.4 Å². The molecule has 1 heterocycles. The number of hydrogen-bond donors (Lipinski definition) is 2. The number of piperidine rings is 1. The van der Waals surface area contributed by atoms with Gasteiger partial charge in [0, 0.05) is 30.0 Å². The van der Waals surface area contributed by atoms with E-state index in [1.54, 1.807) is 49.6 Å². The standard InChI is InChI=1S/C24H28ClN3O3/c1-31-19-9-4-8-17(14-19)26-24(30)27-18-11-12-20(21(25)15-18)23(29)28-13-5-7-16-6-2-3-10-22(16)28/h4,8-9,11-12,14-16,22H,2-3,5-7,10,13H2,1H3,(H2,26,27,30)/t16-,22-/m1/s1. The van der Waals surface area contributed by atoms with Crippen molar-refractivity contribution in [1.82, 2.24) is 4.90 Å². The largest absolute Gasteiger partial charge is 0.497 e. The number of rotatable bonds is 4. The lowest BCUT2D eigenvalue weighted by Crippen LogP contribution is -2.49. The van der Waals surface area contributed by atoms with Crippen LogP contribution in [0.4, 0.5) is 16.2 Å². The Hall–Kier alpha value is -2.73. The molecule has 7 heteroatoms. The van der Waals surface area contributed by atoms with Crippen LogP contribution in [0.1, 0.15) is 48.9 Å². The highest BCUT2D eigenvalue weighted by Crippen LogP contribution is 2.36. The van der Waals surface area contributed by atoms with E-state index in [2.05, 4.69) is 10.6 Å². The Morgan fingerprint density at radius 2 is 1.74 bits per heavy atom. The van der Waals surface area contributed by atoms with Crippen molar-refractivity contribution in [2.24, 2.45) is 5.92 Å². The second-order valence-corrected chi connectivity index (χ2v) is 8.67. The number of fused-ring (bicyclic) bond motifs is 1. The number of amides is 3. The van der Waals surface area contributed by atoms with Crippen molar-refractivity contribution in [3.8, 4) is 5.75 Å². The molecule has 1 saturated carbocycles. The topological polar surface area (TPSA) is 70.7 Å². The predicted molar refractivity (Wildman–Crippen MR) is 123 cm³/mol. The number of methoxy groups -OCH3 is 1. The van der Waals surface area contributed by atoms with Crippen LogP contribution in [0.3, 0.4) is 0 Å². The molecule has 4 rings (SSSR count). The molecule has 1 aliphatic heterocycles. The zero-order valence-corrected chi connectivity index (χ0v) is 18.5. The first kappa shape index (κ1) is 21.5. The number of benzene rings is 2. The van der Waals surface area contributed by atoms with E-state index in [9.17, 15) is 9.59 Å². The van der Waals surface area contributed by atoms with Crippen molar-refractivity contribution < 1.29 is 14.3 Å². The number of urea groups is 1. The summed E-state index contributed by atoms with van der Waals surface area (Å²) < 4.78 is 5.16. The van der Waals surface area contributed by atoms with Crippen LogP contribution in [0.25, 0.3) is 0 Å². The molecule has 0 bridgehead atoms. The molecule has 0 spiro atoms. The number of nitrogens with one attached hydrogen (secondary N) is 2. The Bertz CT molecular complexity index is 963. The molecule has 2 aliphatic rings. The molecule has 164 valence electrons. The summed E-state index contributed by atoms with van der Waals surface area (Å²) in [5.41, 5.74) is 1.63. The molecule has 3 amide bonds. The third-order valence-electron chi connectivity index (χ3n) is 6.29. The summed E-state index contributed by atoms with van der Waals surface area (Å²) in [5, 5.41) is 5.87. The van der Waals surface area contributed by atoms with Gasteiger partial charge in [-0.2, -0.15) is 0 Å². The molecule has 2 fully saturated rings. The highest BCUT2D eigenvalue weighted by molar-refractivity contribution is 6.34. The monoisotopic (exact) mass is 441 g/mol. The third-order valence-corrected chi connectivity index (χ3v) is 6.60. The lowest BCUT2D eigenvalue weighted by molar-refractivity contribution is 0.0391. The molecule has 1 saturated heterocycles. The van der Waals surface area contributed by atoms with Crippen LogP contribution in [0, 0.1) is 5.92 Å². The number of ether oxygens (including phenoxy) is 1. The average molecular weight is 442 g/mol. The zero-order valence-electron chi connectivity index (χ0n) is 17.7. The smallest absolute Gasteiger partial charge is 0.323 e. The Morgan fingerprint density at radius 3 is 2.52 bits per heavy atom. The van der Waals surface area contributed by atoms with Gasteiger partial charge in [-0.15, -0.1) is 0 Å². The summed E-state index contributed by atoms with van der Waals surface area (Å²) in [4.78, 5) is 27.6. The highest BCUT2D eigenvalue weighted by Gasteiger charge is 2.36. The lowest BCUT2D eigenvalue weighted by atomic mass is 9.78. The minimum absolute atomic E-state index is 0.00557. The molecular formula is C24H28ClN3O3. The molecule has 0 aromatic heterocycles. The molecule has 2 N–H and O–H groups in total. The molecule has 2 aromatic carbocycles. The van der Waals surface area contributed by atoms with Gasteiger partial charge in [0.1, 0.15) is 5.75 Å². The number of likely N-dealkylation sites (tertiary alicyclic amines) is 1. The van der Waals surface area contributed by atoms with Gasteiger partial charge in [-0.3, -0.25) is 4.79 Å². The maximum Gasteiger partial charge on any atom is 0.323 e. The van der Waals surface area contributed by atoms with Crippen molar-refractivity contribution in [3.63, 3.8) is 0 Å². The van der Waals surface area contributed by atoms with Gasteiger partial charge in [-0.1, -0.05) is 30.5 Å². The molecule has 2 aromatic rings. The van der Waals surface area contributed by atoms with E-state index in [0.29, 0.717) is 39.7 Å². The van der Waals surface area contributed by atoms with Crippen molar-refractivity contribution in [3.05, 3.63) is 53.1 Å². The van der Waals surface area contributed by atoms with Crippen molar-refractivity contribution in [2.75, 3.05) is 24.3 Å². The normalized spacial score (nSPS) is 20.5. The number of hydrogen-bond acceptors (Lipinski definition) is 3. The number of carbonyl (C=O) groups is 2. The third kappa shape index (κ3) is 4.96. The summed E-state index contributed by atoms with van der Waals surface area (Å²) in [7, 11) is 1.57. The van der Waals surface area contributed by atoms with Crippen molar-refractivity contribution >= 4 is 34.9 Å². The fourth-order valence-electron chi connectivity index (χ4n) is 4.79. The van der Waals surface area contributed by atoms with Crippen LogP contribution < -0.4 is 15.4 Å². The zero-order chi connectivity index (χ0) is 21.8. The van der Waals surface area contributed by atoms with Crippen molar-refractivity contribution in [1.29, 1.82) is 0 Å². The highest BCUT2D eigenvalue weighted by atomic mass is 35.5. The fraction of sp³-hybridized carbons (Fsp3) is 0.417. The van der Waals surface area contributed by atoms with Gasteiger partial charge in [-0.05, 0) is 61.9 Å². The second kappa shape index (κ2) is 9.60. The van der Waals surface area contributed by atoms with E-state index in [1.807, 2.05) is 4.90 Å². The maximum absolute atomic E-state index is 13.2. The fourth-order valence-corrected chi connectivity index (χ4v) is 5.05. The molecule has 2 atom stereocenters. The number of anilines is 2. The number of halogens is 1. The minimum Gasteiger partial charge on any atom is -0.497 e. The average Bonchev–Trinajstić information content (AvgIpc) is 2.78.